The number of nitrogens with zero attached hydrogens (tertiary/aromatic N) is 2. The molecule has 0 saturated heterocycles. The first-order valence-corrected chi connectivity index (χ1v) is 6.28. The molecule has 0 fully saturated rings. The number of methoxy groups -OCH3 is 1. The van der Waals surface area contributed by atoms with Crippen LogP contribution in [0, 0.1) is 21.4 Å². The van der Waals surface area contributed by atoms with Gasteiger partial charge in [0.25, 0.3) is 0 Å². The lowest BCUT2D eigenvalue weighted by molar-refractivity contribution is -0.388. The number of nitriles is 1. The first kappa shape index (κ1) is 15.0. The van der Waals surface area contributed by atoms with Gasteiger partial charge in [-0.3, -0.25) is 14.9 Å². The first-order chi connectivity index (χ1) is 8.99. The Labute approximate surface area is 114 Å². The van der Waals surface area contributed by atoms with E-state index in [0.29, 0.717) is 4.90 Å². The predicted molar refractivity (Wildman–Crippen MR) is 69.8 cm³/mol. The van der Waals surface area contributed by atoms with E-state index in [1.54, 1.807) is 25.1 Å². The summed E-state index contributed by atoms with van der Waals surface area (Å²) in [5.74, 6) is -0.376. The van der Waals surface area contributed by atoms with E-state index in [4.69, 9.17) is 5.26 Å². The maximum absolute atomic E-state index is 11.1. The van der Waals surface area contributed by atoms with Gasteiger partial charge in [-0.05, 0) is 12.1 Å². The van der Waals surface area contributed by atoms with Crippen LogP contribution < -0.4 is 0 Å². The number of nitro benzene ring substituents is 1. The molecule has 1 aromatic rings. The number of carbonyl (C=O) groups is 1. The van der Waals surface area contributed by atoms with Crippen molar-refractivity contribution in [1.29, 1.82) is 5.26 Å². The zero-order valence-corrected chi connectivity index (χ0v) is 11.3. The van der Waals surface area contributed by atoms with E-state index >= 15 is 0 Å². The minimum absolute atomic E-state index is 0.0141. The van der Waals surface area contributed by atoms with Crippen molar-refractivity contribution in [2.24, 2.45) is 0 Å². The molecule has 0 aliphatic carbocycles. The van der Waals surface area contributed by atoms with Crippen LogP contribution in [-0.2, 0) is 9.53 Å². The average Bonchev–Trinajstić information content (AvgIpc) is 2.37. The number of hydrogen-bond acceptors (Lipinski definition) is 6. The molecule has 0 amide bonds. The second-order valence-electron chi connectivity index (χ2n) is 3.73. The van der Waals surface area contributed by atoms with Gasteiger partial charge in [0, 0.05) is 5.25 Å². The molecule has 0 aliphatic rings. The Morgan fingerprint density at radius 3 is 2.84 bits per heavy atom. The Kier molecular flexibility index (Phi) is 5.33. The highest BCUT2D eigenvalue weighted by Crippen LogP contribution is 2.35. The maximum Gasteiger partial charge on any atom is 0.306 e. The Hall–Kier alpha value is -2.07. The summed E-state index contributed by atoms with van der Waals surface area (Å²) < 4.78 is 4.54. The monoisotopic (exact) mass is 280 g/mol. The number of benzene rings is 1. The minimum Gasteiger partial charge on any atom is -0.469 e. The van der Waals surface area contributed by atoms with Crippen molar-refractivity contribution >= 4 is 23.4 Å². The number of ether oxygens (including phenoxy) is 1. The molecule has 0 N–H and O–H groups in total. The van der Waals surface area contributed by atoms with Gasteiger partial charge in [0.05, 0.1) is 23.3 Å². The van der Waals surface area contributed by atoms with Crippen molar-refractivity contribution in [3.8, 4) is 6.07 Å². The number of carbonyl (C=O) groups excluding carboxylic acids is 1. The minimum atomic E-state index is -0.578. The molecule has 100 valence electrons. The van der Waals surface area contributed by atoms with Crippen LogP contribution in [0.2, 0.25) is 0 Å². The van der Waals surface area contributed by atoms with E-state index in [-0.39, 0.29) is 28.9 Å². The molecule has 6 nitrogen and oxygen atoms in total. The van der Waals surface area contributed by atoms with Gasteiger partial charge in [0.2, 0.25) is 0 Å². The van der Waals surface area contributed by atoms with Crippen molar-refractivity contribution in [1.82, 2.24) is 0 Å². The second-order valence-corrected chi connectivity index (χ2v) is 5.21. The van der Waals surface area contributed by atoms with Crippen LogP contribution in [0.1, 0.15) is 18.9 Å². The third-order valence-corrected chi connectivity index (χ3v) is 3.46. The van der Waals surface area contributed by atoms with E-state index in [1.807, 2.05) is 0 Å². The number of thioether (sulfide) groups is 1. The van der Waals surface area contributed by atoms with Gasteiger partial charge in [0.1, 0.15) is 11.6 Å². The summed E-state index contributed by atoms with van der Waals surface area (Å²) in [6.45, 7) is 1.77. The number of para-hydroxylation sites is 1. The lowest BCUT2D eigenvalue weighted by atomic mass is 10.2. The van der Waals surface area contributed by atoms with E-state index in [1.165, 1.54) is 24.9 Å². The van der Waals surface area contributed by atoms with Crippen molar-refractivity contribution in [2.45, 2.75) is 23.5 Å². The van der Waals surface area contributed by atoms with Crippen LogP contribution in [0.3, 0.4) is 0 Å². The molecule has 0 aliphatic heterocycles. The predicted octanol–water partition coefficient (Wildman–Crippen LogP) is 2.51. The van der Waals surface area contributed by atoms with Crippen LogP contribution in [0.4, 0.5) is 5.69 Å². The number of nitro groups is 1. The fourth-order valence-corrected chi connectivity index (χ4v) is 2.58. The number of hydrogen-bond donors (Lipinski definition) is 0. The van der Waals surface area contributed by atoms with Crippen LogP contribution in [0.25, 0.3) is 0 Å². The lowest BCUT2D eigenvalue weighted by Crippen LogP contribution is -2.08. The molecule has 1 atom stereocenters. The molecular formula is C12H12N2O4S. The second kappa shape index (κ2) is 6.75. The Morgan fingerprint density at radius 1 is 1.63 bits per heavy atom. The Morgan fingerprint density at radius 2 is 2.32 bits per heavy atom. The molecule has 1 aromatic carbocycles. The lowest BCUT2D eigenvalue weighted by Gasteiger charge is -2.10. The molecule has 0 spiro atoms. The van der Waals surface area contributed by atoms with Gasteiger partial charge in [-0.25, -0.2) is 0 Å². The summed E-state index contributed by atoms with van der Waals surface area (Å²) in [4.78, 5) is 21.9. The van der Waals surface area contributed by atoms with Crippen molar-refractivity contribution in [2.75, 3.05) is 7.11 Å². The fourth-order valence-electron chi connectivity index (χ4n) is 1.47. The number of rotatable bonds is 5. The molecule has 19 heavy (non-hydrogen) atoms. The largest absolute Gasteiger partial charge is 0.469 e. The zero-order chi connectivity index (χ0) is 14.4. The third-order valence-electron chi connectivity index (χ3n) is 2.31. The molecule has 1 rings (SSSR count). The van der Waals surface area contributed by atoms with E-state index in [2.05, 4.69) is 4.74 Å². The molecule has 0 heterocycles. The Bertz CT molecular complexity index is 539. The fraction of sp³-hybridized carbons (Fsp3) is 0.333. The highest BCUT2D eigenvalue weighted by atomic mass is 32.2. The van der Waals surface area contributed by atoms with E-state index in [9.17, 15) is 14.9 Å². The summed E-state index contributed by atoms with van der Waals surface area (Å²) in [6, 6.07) is 6.34. The highest BCUT2D eigenvalue weighted by molar-refractivity contribution is 8.00. The van der Waals surface area contributed by atoms with Gasteiger partial charge in [-0.1, -0.05) is 13.0 Å². The maximum atomic E-state index is 11.1. The van der Waals surface area contributed by atoms with Gasteiger partial charge >= 0.3 is 11.7 Å². The molecule has 1 unspecified atom stereocenters. The van der Waals surface area contributed by atoms with Crippen LogP contribution in [0.5, 0.6) is 0 Å². The first-order valence-electron chi connectivity index (χ1n) is 5.40. The van der Waals surface area contributed by atoms with Crippen molar-refractivity contribution in [3.63, 3.8) is 0 Å². The quantitative estimate of drug-likeness (QED) is 0.356. The third kappa shape index (κ3) is 3.96. The summed E-state index contributed by atoms with van der Waals surface area (Å²) in [5.41, 5.74) is -0.202. The van der Waals surface area contributed by atoms with Crippen molar-refractivity contribution < 1.29 is 14.5 Å². The van der Waals surface area contributed by atoms with Gasteiger partial charge in [0.15, 0.2) is 0 Å². The normalized spacial score (nSPS) is 11.4. The zero-order valence-electron chi connectivity index (χ0n) is 10.5. The SMILES string of the molecule is COC(=O)CC(C)Sc1cccc(C#N)c1[N+](=O)[O-]. The number of esters is 1. The molecule has 0 saturated carbocycles. The smallest absolute Gasteiger partial charge is 0.306 e. The standard InChI is InChI=1S/C12H12N2O4S/c1-8(6-11(15)18-2)19-10-5-3-4-9(7-13)12(10)14(16)17/h3-5,8H,6H2,1-2H3. The van der Waals surface area contributed by atoms with Gasteiger partial charge in [-0.15, -0.1) is 11.8 Å². The van der Waals surface area contributed by atoms with E-state index < -0.39 is 4.92 Å². The molecule has 0 bridgehead atoms. The topological polar surface area (TPSA) is 93.2 Å². The van der Waals surface area contributed by atoms with Crippen LogP contribution in [-0.4, -0.2) is 23.3 Å². The molecule has 0 aromatic heterocycles. The van der Waals surface area contributed by atoms with Gasteiger partial charge in [-0.2, -0.15) is 5.26 Å². The summed E-state index contributed by atoms with van der Waals surface area (Å²) >= 11 is 1.18. The van der Waals surface area contributed by atoms with Crippen LogP contribution in [0.15, 0.2) is 23.1 Å². The molecular weight excluding hydrogens is 268 g/mol. The summed E-state index contributed by atoms with van der Waals surface area (Å²) in [5, 5.41) is 19.7. The van der Waals surface area contributed by atoms with Gasteiger partial charge < -0.3 is 4.74 Å². The van der Waals surface area contributed by atoms with Crippen molar-refractivity contribution in [3.05, 3.63) is 33.9 Å². The van der Waals surface area contributed by atoms with Crippen LogP contribution >= 0.6 is 11.8 Å². The highest BCUT2D eigenvalue weighted by Gasteiger charge is 2.22. The summed E-state index contributed by atoms with van der Waals surface area (Å²) in [7, 11) is 1.29. The average molecular weight is 280 g/mol. The summed E-state index contributed by atoms with van der Waals surface area (Å²) in [6.07, 6.45) is 0.148. The Balaban J connectivity index is 2.98. The molecule has 0 radical (unpaired) electrons. The van der Waals surface area contributed by atoms with E-state index in [0.717, 1.165) is 0 Å². The molecule has 7 heteroatoms.